The summed E-state index contributed by atoms with van der Waals surface area (Å²) in [6.07, 6.45) is 18.8. The van der Waals surface area contributed by atoms with Gasteiger partial charge in [0.1, 0.15) is 0 Å². The minimum atomic E-state index is 1.22. The zero-order chi connectivity index (χ0) is 13.4. The summed E-state index contributed by atoms with van der Waals surface area (Å²) >= 11 is 0. The van der Waals surface area contributed by atoms with E-state index in [-0.39, 0.29) is 0 Å². The average molecular weight is 369 g/mol. The standard InChI is InChI=1S/C13H20S6/c1-2-4-6-8-10-12-14-16-18-19-17-15-13-11-9-7-5-3-1/h2,4,6,8,10,12H,1,3,5,7,9,11,13H2/b4-2+,8-6+,12-10-. The molecule has 0 saturated heterocycles. The zero-order valence-electron chi connectivity index (χ0n) is 10.9. The van der Waals surface area contributed by atoms with Gasteiger partial charge in [-0.2, -0.15) is 0 Å². The normalized spacial score (nSPS) is 26.5. The predicted molar refractivity (Wildman–Crippen MR) is 106 cm³/mol. The molecule has 0 amide bonds. The van der Waals surface area contributed by atoms with Gasteiger partial charge in [0.15, 0.2) is 0 Å². The molecule has 1 rings (SSSR count). The van der Waals surface area contributed by atoms with E-state index in [1.54, 1.807) is 10.8 Å². The van der Waals surface area contributed by atoms with Crippen molar-refractivity contribution >= 4 is 60.9 Å². The third kappa shape index (κ3) is 14.0. The fourth-order valence-electron chi connectivity index (χ4n) is 1.45. The van der Waals surface area contributed by atoms with Crippen molar-refractivity contribution in [2.75, 3.05) is 5.75 Å². The van der Waals surface area contributed by atoms with Crippen molar-refractivity contribution < 1.29 is 0 Å². The van der Waals surface area contributed by atoms with Gasteiger partial charge < -0.3 is 0 Å². The lowest BCUT2D eigenvalue weighted by atomic mass is 10.1. The first-order chi connectivity index (χ1) is 9.50. The van der Waals surface area contributed by atoms with E-state index in [4.69, 9.17) is 0 Å². The molecule has 1 aliphatic rings. The number of allylic oxidation sites excluding steroid dienone is 5. The molecule has 0 bridgehead atoms. The Kier molecular flexibility index (Phi) is 15.2. The van der Waals surface area contributed by atoms with E-state index in [1.165, 1.54) is 44.3 Å². The Labute approximate surface area is 140 Å². The van der Waals surface area contributed by atoms with Crippen LogP contribution in [0.25, 0.3) is 0 Å². The molecule has 0 unspecified atom stereocenters. The van der Waals surface area contributed by atoms with Crippen molar-refractivity contribution in [2.24, 2.45) is 0 Å². The van der Waals surface area contributed by atoms with Crippen LogP contribution in [0.5, 0.6) is 0 Å². The number of hydrogen-bond donors (Lipinski definition) is 0. The highest BCUT2D eigenvalue weighted by Gasteiger charge is 1.95. The molecule has 0 nitrogen and oxygen atoms in total. The quantitative estimate of drug-likeness (QED) is 0.395. The molecule has 0 atom stereocenters. The Bertz CT molecular complexity index is 248. The van der Waals surface area contributed by atoms with E-state index in [0.29, 0.717) is 0 Å². The third-order valence-electron chi connectivity index (χ3n) is 2.37. The highest BCUT2D eigenvalue weighted by Crippen LogP contribution is 2.52. The van der Waals surface area contributed by atoms with Crippen molar-refractivity contribution in [3.8, 4) is 0 Å². The Balaban J connectivity index is 2.19. The summed E-state index contributed by atoms with van der Waals surface area (Å²) in [5.41, 5.74) is 0. The van der Waals surface area contributed by atoms with E-state index in [2.05, 4.69) is 35.8 Å². The highest BCUT2D eigenvalue weighted by molar-refractivity contribution is 9.42. The molecule has 1 heterocycles. The van der Waals surface area contributed by atoms with E-state index in [0.717, 1.165) is 0 Å². The molecule has 19 heavy (non-hydrogen) atoms. The van der Waals surface area contributed by atoms with E-state index < -0.39 is 0 Å². The fourth-order valence-corrected chi connectivity index (χ4v) is 12.3. The van der Waals surface area contributed by atoms with Gasteiger partial charge in [0.2, 0.25) is 0 Å². The smallest absolute Gasteiger partial charge is 0.00454 e. The lowest BCUT2D eigenvalue weighted by Crippen LogP contribution is -1.80. The average Bonchev–Trinajstić information content (AvgIpc) is 2.43. The van der Waals surface area contributed by atoms with Crippen LogP contribution in [0.1, 0.15) is 38.5 Å². The van der Waals surface area contributed by atoms with Gasteiger partial charge in [-0.3, -0.25) is 0 Å². The predicted octanol–water partition coefficient (Wildman–Crippen LogP) is 7.94. The van der Waals surface area contributed by atoms with Gasteiger partial charge in [0.25, 0.3) is 0 Å². The number of hydrogen-bond acceptors (Lipinski definition) is 6. The van der Waals surface area contributed by atoms with E-state index in [1.807, 2.05) is 50.1 Å². The molecule has 0 fully saturated rings. The van der Waals surface area contributed by atoms with Gasteiger partial charge in [-0.25, -0.2) is 0 Å². The molecule has 0 aromatic heterocycles. The first-order valence-electron chi connectivity index (χ1n) is 6.43. The molecular weight excluding hydrogens is 349 g/mol. The van der Waals surface area contributed by atoms with Crippen molar-refractivity contribution in [1.29, 1.82) is 0 Å². The van der Waals surface area contributed by atoms with E-state index in [9.17, 15) is 0 Å². The Morgan fingerprint density at radius 1 is 0.632 bits per heavy atom. The first-order valence-corrected chi connectivity index (χ1v) is 14.1. The Morgan fingerprint density at radius 2 is 1.42 bits per heavy atom. The zero-order valence-corrected chi connectivity index (χ0v) is 15.8. The molecule has 1 aliphatic heterocycles. The van der Waals surface area contributed by atoms with Gasteiger partial charge in [-0.15, -0.1) is 0 Å². The third-order valence-corrected chi connectivity index (χ3v) is 12.9. The molecule has 0 aliphatic carbocycles. The second-order valence-corrected chi connectivity index (χ2v) is 13.4. The molecule has 0 radical (unpaired) electrons. The molecule has 0 saturated carbocycles. The molecule has 0 N–H and O–H groups in total. The van der Waals surface area contributed by atoms with Crippen molar-refractivity contribution in [1.82, 2.24) is 0 Å². The van der Waals surface area contributed by atoms with Crippen LogP contribution in [0.3, 0.4) is 0 Å². The number of rotatable bonds is 0. The Morgan fingerprint density at radius 3 is 2.42 bits per heavy atom. The maximum absolute atomic E-state index is 2.28. The summed E-state index contributed by atoms with van der Waals surface area (Å²) in [7, 11) is 11.2. The van der Waals surface area contributed by atoms with Crippen molar-refractivity contribution in [2.45, 2.75) is 38.5 Å². The van der Waals surface area contributed by atoms with Crippen LogP contribution < -0.4 is 0 Å². The van der Waals surface area contributed by atoms with Gasteiger partial charge in [-0.05, 0) is 64.0 Å². The van der Waals surface area contributed by atoms with Crippen molar-refractivity contribution in [3.63, 3.8) is 0 Å². The monoisotopic (exact) mass is 368 g/mol. The summed E-state index contributed by atoms with van der Waals surface area (Å²) in [6.45, 7) is 0. The van der Waals surface area contributed by atoms with Gasteiger partial charge in [0, 0.05) is 5.75 Å². The van der Waals surface area contributed by atoms with E-state index >= 15 is 0 Å². The largest absolute Gasteiger partial charge is 0.0845 e. The maximum atomic E-state index is 2.28. The topological polar surface area (TPSA) is 0 Å². The fraction of sp³-hybridized carbons (Fsp3) is 0.538. The van der Waals surface area contributed by atoms with Crippen LogP contribution >= 0.6 is 60.9 Å². The molecule has 108 valence electrons. The summed E-state index contributed by atoms with van der Waals surface area (Å²) in [6, 6.07) is 0. The van der Waals surface area contributed by atoms with Crippen LogP contribution in [-0.4, -0.2) is 5.75 Å². The van der Waals surface area contributed by atoms with Crippen LogP contribution in [-0.2, 0) is 0 Å². The second kappa shape index (κ2) is 15.7. The summed E-state index contributed by atoms with van der Waals surface area (Å²) in [5.74, 6) is 1.29. The summed E-state index contributed by atoms with van der Waals surface area (Å²) in [4.78, 5) is 0. The minimum absolute atomic E-state index is 1.22. The summed E-state index contributed by atoms with van der Waals surface area (Å²) < 4.78 is 0. The SMILES string of the molecule is C1=C\SSSSSSCCCCCCC/C=C/C=C/1. The summed E-state index contributed by atoms with van der Waals surface area (Å²) in [5, 5.41) is 2.13. The molecular formula is C13H20S6. The molecule has 0 aromatic rings. The van der Waals surface area contributed by atoms with Gasteiger partial charge >= 0.3 is 0 Å². The lowest BCUT2D eigenvalue weighted by molar-refractivity contribution is 0.640. The maximum Gasteiger partial charge on any atom is 0.00454 e. The van der Waals surface area contributed by atoms with Gasteiger partial charge in [0.05, 0.1) is 0 Å². The molecule has 6 heteroatoms. The van der Waals surface area contributed by atoms with Crippen molar-refractivity contribution in [3.05, 3.63) is 35.8 Å². The van der Waals surface area contributed by atoms with Crippen LogP contribution in [0.15, 0.2) is 35.8 Å². The van der Waals surface area contributed by atoms with Crippen LogP contribution in [0, 0.1) is 0 Å². The molecule has 0 aromatic carbocycles. The first kappa shape index (κ1) is 18.4. The van der Waals surface area contributed by atoms with Gasteiger partial charge in [-0.1, -0.05) is 71.2 Å². The van der Waals surface area contributed by atoms with Crippen LogP contribution in [0.4, 0.5) is 0 Å². The highest BCUT2D eigenvalue weighted by atomic mass is 33.9. The van der Waals surface area contributed by atoms with Crippen LogP contribution in [0.2, 0.25) is 0 Å². The minimum Gasteiger partial charge on any atom is -0.0845 e. The second-order valence-electron chi connectivity index (χ2n) is 3.89. The molecule has 0 spiro atoms. The lowest BCUT2D eigenvalue weighted by Gasteiger charge is -2.00. The Hall–Kier alpha value is 1.32.